The number of ether oxygens (including phenoxy) is 1. The second kappa shape index (κ2) is 9.68. The molecule has 0 saturated carbocycles. The summed E-state index contributed by atoms with van der Waals surface area (Å²) in [6.07, 6.45) is 2.67. The van der Waals surface area contributed by atoms with Crippen LogP contribution in [0.1, 0.15) is 33.1 Å². The average molecular weight is 187 g/mol. The molecular formula is C10H21NO2. The fourth-order valence-electron chi connectivity index (χ4n) is 0.986. The van der Waals surface area contributed by atoms with Gasteiger partial charge in [-0.1, -0.05) is 13.8 Å². The van der Waals surface area contributed by atoms with Gasteiger partial charge in [0.05, 0.1) is 13.2 Å². The van der Waals surface area contributed by atoms with Gasteiger partial charge >= 0.3 is 0 Å². The van der Waals surface area contributed by atoms with Crippen molar-refractivity contribution in [3.05, 3.63) is 0 Å². The summed E-state index contributed by atoms with van der Waals surface area (Å²) < 4.78 is 5.25. The van der Waals surface area contributed by atoms with Gasteiger partial charge in [-0.3, -0.25) is 4.79 Å². The van der Waals surface area contributed by atoms with Gasteiger partial charge in [-0.15, -0.1) is 0 Å². The highest BCUT2D eigenvalue weighted by molar-refractivity contribution is 5.80. The summed E-state index contributed by atoms with van der Waals surface area (Å²) in [6, 6.07) is 0. The first-order valence-electron chi connectivity index (χ1n) is 5.11. The van der Waals surface area contributed by atoms with Crippen LogP contribution >= 0.6 is 0 Å². The lowest BCUT2D eigenvalue weighted by molar-refractivity contribution is -0.118. The number of ketones is 1. The molecule has 0 aliphatic rings. The lowest BCUT2D eigenvalue weighted by Crippen LogP contribution is -2.26. The van der Waals surface area contributed by atoms with E-state index in [1.54, 1.807) is 0 Å². The van der Waals surface area contributed by atoms with Crippen LogP contribution in [0.2, 0.25) is 0 Å². The molecule has 0 spiro atoms. The van der Waals surface area contributed by atoms with E-state index in [2.05, 4.69) is 12.2 Å². The number of hydrogen-bond acceptors (Lipinski definition) is 3. The molecule has 0 aromatic rings. The molecule has 0 unspecified atom stereocenters. The van der Waals surface area contributed by atoms with Crippen molar-refractivity contribution < 1.29 is 9.53 Å². The van der Waals surface area contributed by atoms with Crippen molar-refractivity contribution in [2.45, 2.75) is 33.1 Å². The van der Waals surface area contributed by atoms with Crippen LogP contribution in [0.25, 0.3) is 0 Å². The highest BCUT2D eigenvalue weighted by Crippen LogP contribution is 1.86. The normalized spacial score (nSPS) is 10.3. The van der Waals surface area contributed by atoms with E-state index in [0.29, 0.717) is 19.6 Å². The Morgan fingerprint density at radius 2 is 2.00 bits per heavy atom. The van der Waals surface area contributed by atoms with E-state index in [9.17, 15) is 4.79 Å². The molecule has 13 heavy (non-hydrogen) atoms. The standard InChI is InChI=1S/C10H21NO2/c1-3-5-10(12)9-11-6-8-13-7-4-2/h11H,3-9H2,1-2H3. The lowest BCUT2D eigenvalue weighted by atomic mass is 10.2. The Bertz CT molecular complexity index is 126. The molecule has 0 fully saturated rings. The second-order valence-electron chi connectivity index (χ2n) is 3.08. The maximum absolute atomic E-state index is 11.0. The van der Waals surface area contributed by atoms with Crippen molar-refractivity contribution in [2.75, 3.05) is 26.3 Å². The molecule has 0 aliphatic heterocycles. The van der Waals surface area contributed by atoms with E-state index in [-0.39, 0.29) is 5.78 Å². The van der Waals surface area contributed by atoms with Gasteiger partial charge in [0.25, 0.3) is 0 Å². The van der Waals surface area contributed by atoms with Crippen molar-refractivity contribution in [3.8, 4) is 0 Å². The molecule has 0 aliphatic carbocycles. The predicted octanol–water partition coefficient (Wildman–Crippen LogP) is 1.37. The van der Waals surface area contributed by atoms with Crippen molar-refractivity contribution >= 4 is 5.78 Å². The molecule has 3 heteroatoms. The Hall–Kier alpha value is -0.410. The summed E-state index contributed by atoms with van der Waals surface area (Å²) >= 11 is 0. The van der Waals surface area contributed by atoms with Crippen LogP contribution in [-0.2, 0) is 9.53 Å². The summed E-state index contributed by atoms with van der Waals surface area (Å²) in [5.74, 6) is 0.290. The van der Waals surface area contributed by atoms with Gasteiger partial charge in [0, 0.05) is 19.6 Å². The molecule has 0 aromatic heterocycles. The quantitative estimate of drug-likeness (QED) is 0.554. The molecule has 1 N–H and O–H groups in total. The Labute approximate surface area is 80.8 Å². The number of nitrogens with one attached hydrogen (secondary N) is 1. The van der Waals surface area contributed by atoms with Crippen molar-refractivity contribution in [2.24, 2.45) is 0 Å². The van der Waals surface area contributed by atoms with Gasteiger partial charge in [0.1, 0.15) is 5.78 Å². The molecule has 0 saturated heterocycles. The first-order chi connectivity index (χ1) is 6.31. The van der Waals surface area contributed by atoms with Gasteiger partial charge in [-0.05, 0) is 12.8 Å². The molecule has 0 heterocycles. The zero-order valence-electron chi connectivity index (χ0n) is 8.77. The van der Waals surface area contributed by atoms with Crippen molar-refractivity contribution in [3.63, 3.8) is 0 Å². The van der Waals surface area contributed by atoms with Crippen LogP contribution in [0.4, 0.5) is 0 Å². The number of hydrogen-bond donors (Lipinski definition) is 1. The number of carbonyl (C=O) groups excluding carboxylic acids is 1. The lowest BCUT2D eigenvalue weighted by Gasteiger charge is -2.03. The Morgan fingerprint density at radius 1 is 1.23 bits per heavy atom. The molecule has 0 bridgehead atoms. The first kappa shape index (κ1) is 12.6. The van der Waals surface area contributed by atoms with Crippen LogP contribution < -0.4 is 5.32 Å². The first-order valence-corrected chi connectivity index (χ1v) is 5.11. The average Bonchev–Trinajstić information content (AvgIpc) is 2.11. The third-order valence-corrected chi connectivity index (χ3v) is 1.62. The molecule has 78 valence electrons. The zero-order valence-corrected chi connectivity index (χ0v) is 8.77. The van der Waals surface area contributed by atoms with Gasteiger partial charge < -0.3 is 10.1 Å². The van der Waals surface area contributed by atoms with Crippen molar-refractivity contribution in [1.29, 1.82) is 0 Å². The van der Waals surface area contributed by atoms with E-state index in [4.69, 9.17) is 4.74 Å². The minimum absolute atomic E-state index is 0.290. The van der Waals surface area contributed by atoms with Crippen molar-refractivity contribution in [1.82, 2.24) is 5.32 Å². The van der Waals surface area contributed by atoms with Gasteiger partial charge in [0.2, 0.25) is 0 Å². The maximum Gasteiger partial charge on any atom is 0.146 e. The van der Waals surface area contributed by atoms with Crippen LogP contribution in [0, 0.1) is 0 Å². The zero-order chi connectivity index (χ0) is 9.94. The summed E-state index contributed by atoms with van der Waals surface area (Å²) in [5, 5.41) is 3.05. The number of rotatable bonds is 9. The molecule has 0 amide bonds. The van der Waals surface area contributed by atoms with E-state index in [1.165, 1.54) is 0 Å². The molecule has 0 aromatic carbocycles. The number of Topliss-reactive ketones (excluding diaryl/α,β-unsaturated/α-hetero) is 1. The predicted molar refractivity (Wildman–Crippen MR) is 53.9 cm³/mol. The summed E-state index contributed by atoms with van der Waals surface area (Å²) in [4.78, 5) is 11.0. The Balaban J connectivity index is 3.02. The summed E-state index contributed by atoms with van der Waals surface area (Å²) in [5.41, 5.74) is 0. The third kappa shape index (κ3) is 9.50. The van der Waals surface area contributed by atoms with E-state index < -0.39 is 0 Å². The minimum Gasteiger partial charge on any atom is -0.380 e. The third-order valence-electron chi connectivity index (χ3n) is 1.62. The molecular weight excluding hydrogens is 166 g/mol. The van der Waals surface area contributed by atoms with Crippen LogP contribution in [0.3, 0.4) is 0 Å². The molecule has 0 radical (unpaired) electrons. The van der Waals surface area contributed by atoms with Crippen LogP contribution in [0.15, 0.2) is 0 Å². The van der Waals surface area contributed by atoms with E-state index in [0.717, 1.165) is 26.0 Å². The highest BCUT2D eigenvalue weighted by Gasteiger charge is 1.97. The number of carbonyl (C=O) groups is 1. The van der Waals surface area contributed by atoms with Gasteiger partial charge in [-0.2, -0.15) is 0 Å². The van der Waals surface area contributed by atoms with E-state index in [1.807, 2.05) is 6.92 Å². The molecule has 0 rings (SSSR count). The monoisotopic (exact) mass is 187 g/mol. The maximum atomic E-state index is 11.0. The Morgan fingerprint density at radius 3 is 2.62 bits per heavy atom. The van der Waals surface area contributed by atoms with E-state index >= 15 is 0 Å². The smallest absolute Gasteiger partial charge is 0.146 e. The van der Waals surface area contributed by atoms with Gasteiger partial charge in [-0.25, -0.2) is 0 Å². The topological polar surface area (TPSA) is 38.3 Å². The summed E-state index contributed by atoms with van der Waals surface area (Å²) in [7, 11) is 0. The fraction of sp³-hybridized carbons (Fsp3) is 0.900. The van der Waals surface area contributed by atoms with Crippen LogP contribution in [-0.4, -0.2) is 32.1 Å². The van der Waals surface area contributed by atoms with Gasteiger partial charge in [0.15, 0.2) is 0 Å². The second-order valence-corrected chi connectivity index (χ2v) is 3.08. The molecule has 0 atom stereocenters. The largest absolute Gasteiger partial charge is 0.380 e. The fourth-order valence-corrected chi connectivity index (χ4v) is 0.986. The Kier molecular flexibility index (Phi) is 9.37. The van der Waals surface area contributed by atoms with Crippen LogP contribution in [0.5, 0.6) is 0 Å². The SMILES string of the molecule is CCCOCCNCC(=O)CCC. The highest BCUT2D eigenvalue weighted by atomic mass is 16.5. The summed E-state index contributed by atoms with van der Waals surface area (Å²) in [6.45, 7) is 6.87. The molecule has 3 nitrogen and oxygen atoms in total. The minimum atomic E-state index is 0.290.